The number of hydrogen-bond donors (Lipinski definition) is 1. The largest absolute Gasteiger partial charge is 0.485 e. The first-order valence-corrected chi connectivity index (χ1v) is 10.9. The molecular weight excluding hydrogens is 428 g/mol. The number of benzene rings is 2. The van der Waals surface area contributed by atoms with Crippen LogP contribution in [0.1, 0.15) is 12.0 Å². The van der Waals surface area contributed by atoms with Crippen LogP contribution in [0, 0.1) is 17.0 Å². The summed E-state index contributed by atoms with van der Waals surface area (Å²) in [4.78, 5) is 39.5. The van der Waals surface area contributed by atoms with E-state index in [1.807, 2.05) is 18.2 Å². The highest BCUT2D eigenvalue weighted by atomic mass is 16.6. The third-order valence-corrected chi connectivity index (χ3v) is 5.82. The Hall–Kier alpha value is -3.66. The van der Waals surface area contributed by atoms with Gasteiger partial charge >= 0.3 is 0 Å². The lowest BCUT2D eigenvalue weighted by molar-refractivity contribution is -0.384. The van der Waals surface area contributed by atoms with E-state index >= 15 is 0 Å². The second kappa shape index (κ2) is 9.86. The zero-order valence-corrected chi connectivity index (χ0v) is 18.4. The molecule has 4 rings (SSSR count). The van der Waals surface area contributed by atoms with Gasteiger partial charge in [-0.25, -0.2) is 0 Å². The number of carbonyl (C=O) groups is 2. The van der Waals surface area contributed by atoms with Gasteiger partial charge in [0.1, 0.15) is 6.61 Å². The monoisotopic (exact) mass is 454 g/mol. The number of hydrogen-bond acceptors (Lipinski definition) is 7. The van der Waals surface area contributed by atoms with Crippen molar-refractivity contribution in [3.8, 4) is 11.5 Å². The highest BCUT2D eigenvalue weighted by Crippen LogP contribution is 2.31. The smallest absolute Gasteiger partial charge is 0.269 e. The Morgan fingerprint density at radius 2 is 1.85 bits per heavy atom. The van der Waals surface area contributed by atoms with Gasteiger partial charge in [-0.2, -0.15) is 0 Å². The summed E-state index contributed by atoms with van der Waals surface area (Å²) in [6, 6.07) is 11.7. The van der Waals surface area contributed by atoms with E-state index in [9.17, 15) is 19.7 Å². The lowest BCUT2D eigenvalue weighted by Gasteiger charge is -2.37. The van der Waals surface area contributed by atoms with Crippen LogP contribution >= 0.6 is 0 Å². The molecule has 2 aliphatic rings. The van der Waals surface area contributed by atoms with Gasteiger partial charge in [0.25, 0.3) is 11.6 Å². The minimum absolute atomic E-state index is 0.00712. The SMILES string of the molecule is Cc1cc([N+](=O)[O-])ccc1NC(=O)CCN1CCN(C(=O)[C@@H]2COc3ccccc3O2)CC1. The number of nitro benzene ring substituents is 1. The number of ether oxygens (including phenoxy) is 2. The molecule has 2 aromatic rings. The lowest BCUT2D eigenvalue weighted by atomic mass is 10.1. The Bertz CT molecular complexity index is 1050. The molecule has 2 amide bonds. The molecule has 0 bridgehead atoms. The van der Waals surface area contributed by atoms with E-state index in [1.165, 1.54) is 12.1 Å². The molecule has 174 valence electrons. The number of anilines is 1. The van der Waals surface area contributed by atoms with Crippen molar-refractivity contribution in [2.45, 2.75) is 19.4 Å². The molecule has 0 aromatic heterocycles. The van der Waals surface area contributed by atoms with E-state index in [2.05, 4.69) is 10.2 Å². The van der Waals surface area contributed by atoms with Crippen LogP contribution in [-0.4, -0.2) is 72.0 Å². The van der Waals surface area contributed by atoms with Crippen molar-refractivity contribution in [2.24, 2.45) is 0 Å². The Labute approximate surface area is 191 Å². The quantitative estimate of drug-likeness (QED) is 0.526. The Balaban J connectivity index is 1.21. The first-order chi connectivity index (χ1) is 15.9. The van der Waals surface area contributed by atoms with Crippen LogP contribution in [-0.2, 0) is 9.59 Å². The van der Waals surface area contributed by atoms with Crippen molar-refractivity contribution in [1.29, 1.82) is 0 Å². The number of rotatable bonds is 6. The number of piperazine rings is 1. The maximum Gasteiger partial charge on any atom is 0.269 e. The number of carbonyl (C=O) groups excluding carboxylic acids is 2. The fourth-order valence-electron chi connectivity index (χ4n) is 3.91. The van der Waals surface area contributed by atoms with Gasteiger partial charge < -0.3 is 19.7 Å². The maximum absolute atomic E-state index is 12.8. The molecule has 0 unspecified atom stereocenters. The average molecular weight is 454 g/mol. The summed E-state index contributed by atoms with van der Waals surface area (Å²) < 4.78 is 11.5. The number of nitro groups is 1. The van der Waals surface area contributed by atoms with Gasteiger partial charge in [0, 0.05) is 57.0 Å². The predicted molar refractivity (Wildman–Crippen MR) is 120 cm³/mol. The number of aryl methyl sites for hydroxylation is 1. The molecule has 1 N–H and O–H groups in total. The second-order valence-electron chi connectivity index (χ2n) is 8.09. The summed E-state index contributed by atoms with van der Waals surface area (Å²) in [5.74, 6) is 0.982. The van der Waals surface area contributed by atoms with Gasteiger partial charge in [0.15, 0.2) is 11.5 Å². The van der Waals surface area contributed by atoms with Crippen molar-refractivity contribution >= 4 is 23.2 Å². The van der Waals surface area contributed by atoms with Crippen LogP contribution in [0.2, 0.25) is 0 Å². The lowest BCUT2D eigenvalue weighted by Crippen LogP contribution is -2.54. The van der Waals surface area contributed by atoms with Gasteiger partial charge in [-0.3, -0.25) is 24.6 Å². The number of fused-ring (bicyclic) bond motifs is 1. The summed E-state index contributed by atoms with van der Waals surface area (Å²) in [6.07, 6.45) is -0.358. The first-order valence-electron chi connectivity index (χ1n) is 10.9. The zero-order valence-electron chi connectivity index (χ0n) is 18.4. The van der Waals surface area contributed by atoms with E-state index < -0.39 is 11.0 Å². The number of amides is 2. The van der Waals surface area contributed by atoms with Gasteiger partial charge in [-0.1, -0.05) is 12.1 Å². The third kappa shape index (κ3) is 5.40. The molecule has 1 fully saturated rings. The highest BCUT2D eigenvalue weighted by Gasteiger charge is 2.32. The number of nitrogens with zero attached hydrogens (tertiary/aromatic N) is 3. The standard InChI is InChI=1S/C23H26N4O6/c1-16-14-17(27(30)31)6-7-18(16)24-22(28)8-9-25-10-12-26(13-11-25)23(29)21-15-32-19-4-2-3-5-20(19)33-21/h2-7,14,21H,8-13,15H2,1H3,(H,24,28)/t21-/m0/s1. The molecule has 0 aliphatic carbocycles. The molecule has 0 spiro atoms. The van der Waals surface area contributed by atoms with Crippen LogP contribution in [0.5, 0.6) is 11.5 Å². The number of nitrogens with one attached hydrogen (secondary N) is 1. The van der Waals surface area contributed by atoms with E-state index in [-0.39, 0.29) is 24.1 Å². The molecule has 10 heteroatoms. The molecule has 0 saturated carbocycles. The topological polar surface area (TPSA) is 114 Å². The molecule has 0 radical (unpaired) electrons. The fourth-order valence-corrected chi connectivity index (χ4v) is 3.91. The van der Waals surface area contributed by atoms with Crippen molar-refractivity contribution < 1.29 is 24.0 Å². The van der Waals surface area contributed by atoms with Gasteiger partial charge in [0.2, 0.25) is 12.0 Å². The molecule has 1 atom stereocenters. The summed E-state index contributed by atoms with van der Waals surface area (Å²) in [5.41, 5.74) is 1.20. The minimum atomic E-state index is -0.651. The molecule has 10 nitrogen and oxygen atoms in total. The molecule has 33 heavy (non-hydrogen) atoms. The zero-order chi connectivity index (χ0) is 23.4. The Morgan fingerprint density at radius 3 is 2.55 bits per heavy atom. The Morgan fingerprint density at radius 1 is 1.12 bits per heavy atom. The third-order valence-electron chi connectivity index (χ3n) is 5.82. The van der Waals surface area contributed by atoms with E-state index in [0.29, 0.717) is 61.9 Å². The summed E-state index contributed by atoms with van der Waals surface area (Å²) in [5, 5.41) is 13.7. The van der Waals surface area contributed by atoms with Gasteiger partial charge in [0.05, 0.1) is 4.92 Å². The van der Waals surface area contributed by atoms with Gasteiger partial charge in [-0.05, 0) is 30.7 Å². The summed E-state index contributed by atoms with van der Waals surface area (Å²) in [6.45, 7) is 4.93. The van der Waals surface area contributed by atoms with Crippen molar-refractivity contribution in [1.82, 2.24) is 9.80 Å². The highest BCUT2D eigenvalue weighted by molar-refractivity contribution is 5.91. The van der Waals surface area contributed by atoms with E-state index in [1.54, 1.807) is 24.0 Å². The fraction of sp³-hybridized carbons (Fsp3) is 0.391. The van der Waals surface area contributed by atoms with Crippen molar-refractivity contribution in [3.63, 3.8) is 0 Å². The van der Waals surface area contributed by atoms with E-state index in [4.69, 9.17) is 9.47 Å². The van der Waals surface area contributed by atoms with Gasteiger partial charge in [-0.15, -0.1) is 0 Å². The number of para-hydroxylation sites is 2. The summed E-state index contributed by atoms with van der Waals surface area (Å²) in [7, 11) is 0. The van der Waals surface area contributed by atoms with Crippen LogP contribution in [0.4, 0.5) is 11.4 Å². The van der Waals surface area contributed by atoms with Crippen LogP contribution < -0.4 is 14.8 Å². The van der Waals surface area contributed by atoms with Crippen molar-refractivity contribution in [3.05, 3.63) is 58.1 Å². The average Bonchev–Trinajstić information content (AvgIpc) is 2.83. The van der Waals surface area contributed by atoms with Crippen LogP contribution in [0.25, 0.3) is 0 Å². The maximum atomic E-state index is 12.8. The molecular formula is C23H26N4O6. The molecule has 1 saturated heterocycles. The molecule has 2 aromatic carbocycles. The minimum Gasteiger partial charge on any atom is -0.485 e. The number of non-ortho nitro benzene ring substituents is 1. The normalized spacial score (nSPS) is 18.0. The molecule has 2 aliphatic heterocycles. The summed E-state index contributed by atoms with van der Waals surface area (Å²) >= 11 is 0. The Kier molecular flexibility index (Phi) is 6.74. The van der Waals surface area contributed by atoms with Crippen LogP contribution in [0.3, 0.4) is 0 Å². The van der Waals surface area contributed by atoms with Crippen molar-refractivity contribution in [2.75, 3.05) is 44.6 Å². The van der Waals surface area contributed by atoms with Crippen LogP contribution in [0.15, 0.2) is 42.5 Å². The van der Waals surface area contributed by atoms with E-state index in [0.717, 1.165) is 0 Å². The predicted octanol–water partition coefficient (Wildman–Crippen LogP) is 2.22. The molecule has 2 heterocycles. The second-order valence-corrected chi connectivity index (χ2v) is 8.09. The first kappa shape index (κ1) is 22.5.